The monoisotopic (exact) mass is 389 g/mol. The number of rotatable bonds is 8. The summed E-state index contributed by atoms with van der Waals surface area (Å²) in [5.74, 6) is -0.348. The van der Waals surface area contributed by atoms with E-state index in [1.165, 1.54) is 31.2 Å². The van der Waals surface area contributed by atoms with Crippen LogP contribution < -0.4 is 10.0 Å². The first-order valence-corrected chi connectivity index (χ1v) is 10.1. The van der Waals surface area contributed by atoms with Crippen molar-refractivity contribution < 1.29 is 17.9 Å². The lowest BCUT2D eigenvalue weighted by molar-refractivity contribution is -0.122. The van der Waals surface area contributed by atoms with E-state index in [-0.39, 0.29) is 10.8 Å². The van der Waals surface area contributed by atoms with Crippen LogP contribution in [0.4, 0.5) is 0 Å². The number of hydrogen-bond acceptors (Lipinski definition) is 5. The number of carbonyl (C=O) groups excluding carboxylic acids is 1. The summed E-state index contributed by atoms with van der Waals surface area (Å²) in [6.45, 7) is 6.21. The van der Waals surface area contributed by atoms with Crippen LogP contribution in [0.3, 0.4) is 0 Å². The molecular weight excluding hydrogens is 366 g/mol. The first kappa shape index (κ1) is 20.1. The van der Waals surface area contributed by atoms with Gasteiger partial charge in [0, 0.05) is 24.7 Å². The molecule has 1 saturated heterocycles. The van der Waals surface area contributed by atoms with E-state index in [1.807, 2.05) is 0 Å². The smallest absolute Gasteiger partial charge is 0.241 e. The molecule has 7 nitrogen and oxygen atoms in total. The van der Waals surface area contributed by atoms with Gasteiger partial charge in [-0.05, 0) is 44.2 Å². The highest BCUT2D eigenvalue weighted by Gasteiger charge is 2.21. The van der Waals surface area contributed by atoms with Gasteiger partial charge in [0.2, 0.25) is 15.9 Å². The number of carbonyl (C=O) groups is 1. The Morgan fingerprint density at radius 1 is 1.28 bits per heavy atom. The summed E-state index contributed by atoms with van der Waals surface area (Å²) in [5, 5.41) is 3.21. The van der Waals surface area contributed by atoms with Gasteiger partial charge in [-0.25, -0.2) is 8.42 Å². The number of nitrogens with one attached hydrogen (secondary N) is 2. The number of amides is 1. The number of halogens is 1. The Morgan fingerprint density at radius 3 is 2.56 bits per heavy atom. The van der Waals surface area contributed by atoms with Gasteiger partial charge in [0.25, 0.3) is 0 Å². The summed E-state index contributed by atoms with van der Waals surface area (Å²) in [6, 6.07) is 4.93. The summed E-state index contributed by atoms with van der Waals surface area (Å²) >= 11 is 5.76. The molecule has 1 aliphatic heterocycles. The van der Waals surface area contributed by atoms with E-state index in [1.54, 1.807) is 0 Å². The second-order valence-corrected chi connectivity index (χ2v) is 8.05. The molecule has 1 aliphatic rings. The quantitative estimate of drug-likeness (QED) is 0.643. The van der Waals surface area contributed by atoms with E-state index < -0.39 is 16.1 Å². The lowest BCUT2D eigenvalue weighted by Crippen LogP contribution is -2.45. The molecule has 0 bridgehead atoms. The topological polar surface area (TPSA) is 87.7 Å². The van der Waals surface area contributed by atoms with Crippen LogP contribution in [0.15, 0.2) is 29.2 Å². The Kier molecular flexibility index (Phi) is 7.64. The van der Waals surface area contributed by atoms with E-state index in [0.29, 0.717) is 11.6 Å². The molecule has 2 rings (SSSR count). The molecule has 1 aromatic rings. The largest absolute Gasteiger partial charge is 0.379 e. The zero-order valence-corrected chi connectivity index (χ0v) is 15.8. The molecular formula is C16H24ClN3O4S. The maximum atomic E-state index is 12.2. The fourth-order valence-corrected chi connectivity index (χ4v) is 3.79. The third-order valence-electron chi connectivity index (χ3n) is 3.90. The molecule has 0 saturated carbocycles. The Balaban J connectivity index is 1.74. The van der Waals surface area contributed by atoms with Crippen molar-refractivity contribution in [2.24, 2.45) is 0 Å². The summed E-state index contributed by atoms with van der Waals surface area (Å²) in [5.41, 5.74) is 0. The number of morpholine rings is 1. The predicted octanol–water partition coefficient (Wildman–Crippen LogP) is 0.845. The first-order valence-electron chi connectivity index (χ1n) is 8.24. The highest BCUT2D eigenvalue weighted by molar-refractivity contribution is 7.89. The Morgan fingerprint density at radius 2 is 1.92 bits per heavy atom. The Hall–Kier alpha value is -1.19. The average Bonchev–Trinajstić information content (AvgIpc) is 2.59. The maximum Gasteiger partial charge on any atom is 0.241 e. The van der Waals surface area contributed by atoms with Crippen molar-refractivity contribution in [2.45, 2.75) is 24.3 Å². The molecule has 0 aliphatic carbocycles. The minimum absolute atomic E-state index is 0.0730. The molecule has 9 heteroatoms. The van der Waals surface area contributed by atoms with Gasteiger partial charge in [0.15, 0.2) is 0 Å². The summed E-state index contributed by atoms with van der Waals surface area (Å²) in [4.78, 5) is 14.4. The van der Waals surface area contributed by atoms with Gasteiger partial charge in [-0.2, -0.15) is 4.72 Å². The molecule has 25 heavy (non-hydrogen) atoms. The van der Waals surface area contributed by atoms with Crippen LogP contribution in [0.25, 0.3) is 0 Å². The fraction of sp³-hybridized carbons (Fsp3) is 0.562. The van der Waals surface area contributed by atoms with Gasteiger partial charge < -0.3 is 10.1 Å². The van der Waals surface area contributed by atoms with Gasteiger partial charge in [-0.15, -0.1) is 0 Å². The van der Waals surface area contributed by atoms with Crippen molar-refractivity contribution in [3.63, 3.8) is 0 Å². The zero-order valence-electron chi connectivity index (χ0n) is 14.2. The van der Waals surface area contributed by atoms with E-state index in [4.69, 9.17) is 16.3 Å². The van der Waals surface area contributed by atoms with Crippen LogP contribution in [0.5, 0.6) is 0 Å². The molecule has 0 radical (unpaired) electrons. The molecule has 0 aromatic heterocycles. The van der Waals surface area contributed by atoms with E-state index in [0.717, 1.165) is 39.3 Å². The van der Waals surface area contributed by atoms with Crippen LogP contribution in [0.1, 0.15) is 13.3 Å². The van der Waals surface area contributed by atoms with Crippen molar-refractivity contribution in [2.75, 3.05) is 39.4 Å². The van der Waals surface area contributed by atoms with E-state index >= 15 is 0 Å². The highest BCUT2D eigenvalue weighted by Crippen LogP contribution is 2.14. The van der Waals surface area contributed by atoms with Crippen molar-refractivity contribution in [1.82, 2.24) is 14.9 Å². The SMILES string of the molecule is C[C@@H](NS(=O)(=O)c1ccc(Cl)cc1)C(=O)NCCCN1CCOCC1. The average molecular weight is 390 g/mol. The van der Waals surface area contributed by atoms with Gasteiger partial charge in [-0.1, -0.05) is 11.6 Å². The molecule has 2 N–H and O–H groups in total. The highest BCUT2D eigenvalue weighted by atomic mass is 35.5. The standard InChI is InChI=1S/C16H24ClN3O4S/c1-13(19-25(22,23)15-5-3-14(17)4-6-15)16(21)18-7-2-8-20-9-11-24-12-10-20/h3-6,13,19H,2,7-12H2,1H3,(H,18,21)/t13-/m1/s1. The molecule has 1 amide bonds. The predicted molar refractivity (Wildman–Crippen MR) is 96.1 cm³/mol. The number of sulfonamides is 1. The van der Waals surface area contributed by atoms with Crippen molar-refractivity contribution in [1.29, 1.82) is 0 Å². The lowest BCUT2D eigenvalue weighted by atomic mass is 10.3. The molecule has 0 unspecified atom stereocenters. The minimum Gasteiger partial charge on any atom is -0.379 e. The number of ether oxygens (including phenoxy) is 1. The third-order valence-corrected chi connectivity index (χ3v) is 5.71. The number of nitrogens with zero attached hydrogens (tertiary/aromatic N) is 1. The molecule has 1 atom stereocenters. The zero-order chi connectivity index (χ0) is 18.3. The lowest BCUT2D eigenvalue weighted by Gasteiger charge is -2.26. The normalized spacial score (nSPS) is 17.2. The van der Waals surface area contributed by atoms with Crippen LogP contribution in [-0.4, -0.2) is 64.7 Å². The molecule has 1 heterocycles. The fourth-order valence-electron chi connectivity index (χ4n) is 2.46. The Labute approximate surface area is 153 Å². The molecule has 1 fully saturated rings. The van der Waals surface area contributed by atoms with Gasteiger partial charge in [-0.3, -0.25) is 9.69 Å². The number of hydrogen-bond donors (Lipinski definition) is 2. The second kappa shape index (κ2) is 9.49. The summed E-state index contributed by atoms with van der Waals surface area (Å²) < 4.78 is 32.1. The van der Waals surface area contributed by atoms with Gasteiger partial charge in [0.1, 0.15) is 0 Å². The van der Waals surface area contributed by atoms with Gasteiger partial charge in [0.05, 0.1) is 24.2 Å². The van der Waals surface area contributed by atoms with Crippen molar-refractivity contribution in [3.05, 3.63) is 29.3 Å². The van der Waals surface area contributed by atoms with Crippen LogP contribution >= 0.6 is 11.6 Å². The van der Waals surface area contributed by atoms with Crippen molar-refractivity contribution in [3.8, 4) is 0 Å². The van der Waals surface area contributed by atoms with Crippen molar-refractivity contribution >= 4 is 27.5 Å². The summed E-state index contributed by atoms with van der Waals surface area (Å²) in [6.07, 6.45) is 0.808. The van der Waals surface area contributed by atoms with Gasteiger partial charge >= 0.3 is 0 Å². The molecule has 0 spiro atoms. The van der Waals surface area contributed by atoms with Crippen LogP contribution in [0.2, 0.25) is 5.02 Å². The second-order valence-electron chi connectivity index (χ2n) is 5.90. The summed E-state index contributed by atoms with van der Waals surface area (Å²) in [7, 11) is -3.76. The third kappa shape index (κ3) is 6.56. The minimum atomic E-state index is -3.76. The maximum absolute atomic E-state index is 12.2. The van der Waals surface area contributed by atoms with Crippen LogP contribution in [-0.2, 0) is 19.6 Å². The number of benzene rings is 1. The Bertz CT molecular complexity index is 660. The van der Waals surface area contributed by atoms with E-state index in [9.17, 15) is 13.2 Å². The first-order chi connectivity index (χ1) is 11.9. The van der Waals surface area contributed by atoms with Crippen LogP contribution in [0, 0.1) is 0 Å². The van der Waals surface area contributed by atoms with E-state index in [2.05, 4.69) is 14.9 Å². The molecule has 1 aromatic carbocycles. The molecule has 140 valence electrons.